The first kappa shape index (κ1) is 17.8. The van der Waals surface area contributed by atoms with Gasteiger partial charge in [-0.1, -0.05) is 36.4 Å². The van der Waals surface area contributed by atoms with E-state index in [-0.39, 0.29) is 5.91 Å². The molecule has 1 amide bonds. The highest BCUT2D eigenvalue weighted by atomic mass is 16.5. The van der Waals surface area contributed by atoms with Gasteiger partial charge in [-0.25, -0.2) is 5.43 Å². The van der Waals surface area contributed by atoms with Crippen molar-refractivity contribution < 1.29 is 9.53 Å². The van der Waals surface area contributed by atoms with Crippen LogP contribution in [0.4, 0.5) is 5.69 Å². The molecule has 3 aromatic carbocycles. The van der Waals surface area contributed by atoms with Crippen LogP contribution in [-0.2, 0) is 13.1 Å². The maximum Gasteiger partial charge on any atom is 0.271 e. The summed E-state index contributed by atoms with van der Waals surface area (Å²) in [5, 5.41) is 4.04. The van der Waals surface area contributed by atoms with E-state index in [4.69, 9.17) is 4.74 Å². The van der Waals surface area contributed by atoms with Crippen LogP contribution in [-0.4, -0.2) is 19.2 Å². The Morgan fingerprint density at radius 1 is 1.00 bits per heavy atom. The number of ether oxygens (including phenoxy) is 1. The molecular weight excluding hydrogens is 350 g/mol. The Morgan fingerprint density at radius 2 is 1.75 bits per heavy atom. The number of methoxy groups -OCH3 is 1. The van der Waals surface area contributed by atoms with Gasteiger partial charge in [0.1, 0.15) is 5.75 Å². The minimum Gasteiger partial charge on any atom is -0.497 e. The molecule has 1 aliphatic heterocycles. The monoisotopic (exact) mass is 371 g/mol. The van der Waals surface area contributed by atoms with Crippen LogP contribution >= 0.6 is 0 Å². The molecule has 0 aliphatic carbocycles. The molecule has 0 unspecified atom stereocenters. The van der Waals surface area contributed by atoms with Crippen LogP contribution < -0.4 is 15.1 Å². The fraction of sp³-hybridized carbons (Fsp3) is 0.130. The molecule has 5 heteroatoms. The van der Waals surface area contributed by atoms with Crippen molar-refractivity contribution >= 4 is 17.8 Å². The predicted octanol–water partition coefficient (Wildman–Crippen LogP) is 3.98. The van der Waals surface area contributed by atoms with Crippen molar-refractivity contribution in [3.8, 4) is 5.75 Å². The Balaban J connectivity index is 1.42. The number of fused-ring (bicyclic) bond motifs is 1. The number of nitrogens with one attached hydrogen (secondary N) is 1. The summed E-state index contributed by atoms with van der Waals surface area (Å²) in [6.07, 6.45) is 1.64. The molecule has 1 N–H and O–H groups in total. The minimum absolute atomic E-state index is 0.210. The maximum absolute atomic E-state index is 12.4. The zero-order valence-electron chi connectivity index (χ0n) is 15.6. The number of rotatable bonds is 5. The van der Waals surface area contributed by atoms with E-state index >= 15 is 0 Å². The van der Waals surface area contributed by atoms with Crippen LogP contribution in [0, 0.1) is 0 Å². The topological polar surface area (TPSA) is 53.9 Å². The first-order valence-electron chi connectivity index (χ1n) is 9.12. The van der Waals surface area contributed by atoms with Gasteiger partial charge in [-0.2, -0.15) is 5.10 Å². The van der Waals surface area contributed by atoms with Crippen molar-refractivity contribution in [2.45, 2.75) is 13.1 Å². The molecule has 0 saturated heterocycles. The Labute approximate surface area is 164 Å². The number of carbonyl (C=O) groups excluding carboxylic acids is 1. The number of hydrazone groups is 1. The summed E-state index contributed by atoms with van der Waals surface area (Å²) in [4.78, 5) is 14.7. The molecular formula is C23H21N3O2. The Hall–Kier alpha value is -3.60. The van der Waals surface area contributed by atoms with Crippen molar-refractivity contribution in [3.63, 3.8) is 0 Å². The molecule has 4 rings (SSSR count). The molecule has 0 atom stereocenters. The predicted molar refractivity (Wildman–Crippen MR) is 111 cm³/mol. The van der Waals surface area contributed by atoms with Crippen LogP contribution in [0.5, 0.6) is 5.75 Å². The van der Waals surface area contributed by atoms with E-state index in [1.165, 1.54) is 5.56 Å². The SMILES string of the molecule is COc1ccc(N2Cc3ccc(C(=O)N/N=C/c4ccccc4)cc3C2)cc1. The molecule has 140 valence electrons. The van der Waals surface area contributed by atoms with Crippen molar-refractivity contribution in [1.82, 2.24) is 5.43 Å². The van der Waals surface area contributed by atoms with Gasteiger partial charge >= 0.3 is 0 Å². The van der Waals surface area contributed by atoms with E-state index in [0.717, 1.165) is 35.7 Å². The van der Waals surface area contributed by atoms with Crippen LogP contribution in [0.1, 0.15) is 27.0 Å². The number of carbonyl (C=O) groups is 1. The molecule has 1 heterocycles. The van der Waals surface area contributed by atoms with Gasteiger partial charge in [-0.15, -0.1) is 0 Å². The molecule has 0 fully saturated rings. The van der Waals surface area contributed by atoms with E-state index in [2.05, 4.69) is 27.6 Å². The van der Waals surface area contributed by atoms with Crippen LogP contribution in [0.25, 0.3) is 0 Å². The first-order valence-corrected chi connectivity index (χ1v) is 9.12. The number of hydrogen-bond donors (Lipinski definition) is 1. The standard InChI is InChI=1S/C23H21N3O2/c1-28-22-11-9-21(10-12-22)26-15-19-8-7-18(13-20(19)16-26)23(27)25-24-14-17-5-3-2-4-6-17/h2-14H,15-16H2,1H3,(H,25,27)/b24-14+. The number of nitrogens with zero attached hydrogens (tertiary/aromatic N) is 2. The average molecular weight is 371 g/mol. The summed E-state index contributed by atoms with van der Waals surface area (Å²) >= 11 is 0. The molecule has 3 aromatic rings. The fourth-order valence-corrected chi connectivity index (χ4v) is 3.28. The quantitative estimate of drug-likeness (QED) is 0.545. The Bertz CT molecular complexity index is 998. The van der Waals surface area contributed by atoms with Crippen molar-refractivity contribution in [1.29, 1.82) is 0 Å². The first-order chi connectivity index (χ1) is 13.7. The van der Waals surface area contributed by atoms with Crippen LogP contribution in [0.15, 0.2) is 77.9 Å². The lowest BCUT2D eigenvalue weighted by Gasteiger charge is -2.17. The van der Waals surface area contributed by atoms with E-state index < -0.39 is 0 Å². The van der Waals surface area contributed by atoms with Crippen molar-refractivity contribution in [2.75, 3.05) is 12.0 Å². The summed E-state index contributed by atoms with van der Waals surface area (Å²) in [5.41, 5.74) is 7.68. The number of hydrogen-bond acceptors (Lipinski definition) is 4. The summed E-state index contributed by atoms with van der Waals surface area (Å²) in [6.45, 7) is 1.60. The average Bonchev–Trinajstić information content (AvgIpc) is 3.18. The van der Waals surface area contributed by atoms with E-state index in [0.29, 0.717) is 5.56 Å². The van der Waals surface area contributed by atoms with Gasteiger partial charge < -0.3 is 9.64 Å². The van der Waals surface area contributed by atoms with E-state index in [1.807, 2.05) is 60.7 Å². The smallest absolute Gasteiger partial charge is 0.271 e. The third-order valence-corrected chi connectivity index (χ3v) is 4.81. The van der Waals surface area contributed by atoms with Gasteiger partial charge in [-0.05, 0) is 53.1 Å². The fourth-order valence-electron chi connectivity index (χ4n) is 3.28. The minimum atomic E-state index is -0.210. The van der Waals surface area contributed by atoms with Crippen LogP contribution in [0.3, 0.4) is 0 Å². The Kier molecular flexibility index (Phi) is 5.06. The number of anilines is 1. The molecule has 5 nitrogen and oxygen atoms in total. The normalized spacial score (nSPS) is 12.8. The number of benzene rings is 3. The van der Waals surface area contributed by atoms with E-state index in [1.54, 1.807) is 13.3 Å². The second kappa shape index (κ2) is 7.96. The highest BCUT2D eigenvalue weighted by Crippen LogP contribution is 2.30. The van der Waals surface area contributed by atoms with Crippen molar-refractivity contribution in [2.24, 2.45) is 5.10 Å². The molecule has 0 aromatic heterocycles. The zero-order valence-corrected chi connectivity index (χ0v) is 15.6. The number of amides is 1. The van der Waals surface area contributed by atoms with Gasteiger partial charge in [0.05, 0.1) is 13.3 Å². The largest absolute Gasteiger partial charge is 0.497 e. The molecule has 0 radical (unpaired) electrons. The molecule has 1 aliphatic rings. The highest BCUT2D eigenvalue weighted by molar-refractivity contribution is 5.95. The zero-order chi connectivity index (χ0) is 19.3. The molecule has 0 spiro atoms. The summed E-state index contributed by atoms with van der Waals surface area (Å²) < 4.78 is 5.22. The van der Waals surface area contributed by atoms with Crippen molar-refractivity contribution in [3.05, 3.63) is 95.1 Å². The van der Waals surface area contributed by atoms with Gasteiger partial charge in [0, 0.05) is 24.3 Å². The van der Waals surface area contributed by atoms with Gasteiger partial charge in [0.25, 0.3) is 5.91 Å². The summed E-state index contributed by atoms with van der Waals surface area (Å²) in [5.74, 6) is 0.633. The van der Waals surface area contributed by atoms with Crippen LogP contribution in [0.2, 0.25) is 0 Å². The highest BCUT2D eigenvalue weighted by Gasteiger charge is 2.20. The second-order valence-corrected chi connectivity index (χ2v) is 6.65. The van der Waals surface area contributed by atoms with Gasteiger partial charge in [0.2, 0.25) is 0 Å². The third kappa shape index (κ3) is 3.88. The van der Waals surface area contributed by atoms with Gasteiger partial charge in [-0.3, -0.25) is 4.79 Å². The lowest BCUT2D eigenvalue weighted by atomic mass is 10.1. The third-order valence-electron chi connectivity index (χ3n) is 4.81. The van der Waals surface area contributed by atoms with Gasteiger partial charge in [0.15, 0.2) is 0 Å². The summed E-state index contributed by atoms with van der Waals surface area (Å²) in [6, 6.07) is 23.5. The molecule has 28 heavy (non-hydrogen) atoms. The van der Waals surface area contributed by atoms with E-state index in [9.17, 15) is 4.79 Å². The summed E-state index contributed by atoms with van der Waals surface area (Å²) in [7, 11) is 1.66. The molecule has 0 saturated carbocycles. The second-order valence-electron chi connectivity index (χ2n) is 6.65. The lowest BCUT2D eigenvalue weighted by molar-refractivity contribution is 0.0955. The molecule has 0 bridgehead atoms. The Morgan fingerprint density at radius 3 is 2.50 bits per heavy atom. The maximum atomic E-state index is 12.4. The lowest BCUT2D eigenvalue weighted by Crippen LogP contribution is -2.17.